The van der Waals surface area contributed by atoms with Gasteiger partial charge in [0, 0.05) is 39.9 Å². The van der Waals surface area contributed by atoms with Crippen LogP contribution in [0.3, 0.4) is 0 Å². The van der Waals surface area contributed by atoms with Crippen molar-refractivity contribution in [3.63, 3.8) is 0 Å². The molecule has 0 radical (unpaired) electrons. The van der Waals surface area contributed by atoms with Crippen molar-refractivity contribution in [3.05, 3.63) is 27.9 Å². The number of aliphatic hydroxyl groups excluding tert-OH is 1. The third-order valence-corrected chi connectivity index (χ3v) is 5.85. The highest BCUT2D eigenvalue weighted by molar-refractivity contribution is 7.99. The van der Waals surface area contributed by atoms with Crippen LogP contribution in [0.15, 0.2) is 23.0 Å². The number of rotatable bonds is 7. The van der Waals surface area contributed by atoms with Crippen molar-refractivity contribution in [3.8, 4) is 10.6 Å². The van der Waals surface area contributed by atoms with E-state index in [0.29, 0.717) is 0 Å². The number of thioether (sulfide) groups is 1. The van der Waals surface area contributed by atoms with Gasteiger partial charge in [0.25, 0.3) is 0 Å². The van der Waals surface area contributed by atoms with Crippen LogP contribution >= 0.6 is 34.4 Å². The van der Waals surface area contributed by atoms with Gasteiger partial charge in [-0.25, -0.2) is 4.98 Å². The van der Waals surface area contributed by atoms with E-state index in [2.05, 4.69) is 34.1 Å². The Morgan fingerprint density at radius 3 is 3.00 bits per heavy atom. The number of thiazole rings is 1. The van der Waals surface area contributed by atoms with Crippen molar-refractivity contribution in [1.29, 1.82) is 0 Å². The predicted octanol–water partition coefficient (Wildman–Crippen LogP) is 3.07. The molecule has 2 rings (SSSR count). The second-order valence-corrected chi connectivity index (χ2v) is 7.24. The Bertz CT molecular complexity index is 480. The minimum Gasteiger partial charge on any atom is -0.395 e. The van der Waals surface area contributed by atoms with Crippen molar-refractivity contribution in [1.82, 2.24) is 10.3 Å². The molecule has 2 heterocycles. The molecule has 2 aromatic heterocycles. The lowest BCUT2D eigenvalue weighted by atomic mass is 10.2. The summed E-state index contributed by atoms with van der Waals surface area (Å²) in [5.41, 5.74) is 1.20. The van der Waals surface area contributed by atoms with Gasteiger partial charge in [-0.15, -0.1) is 11.3 Å². The first-order chi connectivity index (χ1) is 9.24. The third kappa shape index (κ3) is 4.03. The Balaban J connectivity index is 1.90. The van der Waals surface area contributed by atoms with Crippen LogP contribution in [0.4, 0.5) is 0 Å². The summed E-state index contributed by atoms with van der Waals surface area (Å²) in [6, 6.07) is 2.38. The van der Waals surface area contributed by atoms with E-state index in [4.69, 9.17) is 0 Å². The van der Waals surface area contributed by atoms with Gasteiger partial charge in [0.15, 0.2) is 0 Å². The molecule has 0 bridgehead atoms. The fourth-order valence-corrected chi connectivity index (χ4v) is 3.97. The highest BCUT2D eigenvalue weighted by Crippen LogP contribution is 2.26. The zero-order valence-electron chi connectivity index (χ0n) is 11.0. The predicted molar refractivity (Wildman–Crippen MR) is 86.1 cm³/mol. The van der Waals surface area contributed by atoms with E-state index < -0.39 is 0 Å². The van der Waals surface area contributed by atoms with Gasteiger partial charge in [0.1, 0.15) is 5.01 Å². The van der Waals surface area contributed by atoms with Gasteiger partial charge < -0.3 is 10.4 Å². The number of aliphatic hydroxyl groups is 1. The molecule has 104 valence electrons. The molecule has 2 N–H and O–H groups in total. The summed E-state index contributed by atoms with van der Waals surface area (Å²) in [5, 5.41) is 18.2. The van der Waals surface area contributed by atoms with Crippen LogP contribution in [0.5, 0.6) is 0 Å². The SMILES string of the molecule is CSC(CO)C(C)NCc1cnc(-c2ccsc2)s1. The molecule has 0 aliphatic heterocycles. The van der Waals surface area contributed by atoms with Crippen LogP contribution in [-0.4, -0.2) is 34.2 Å². The maximum atomic E-state index is 9.25. The van der Waals surface area contributed by atoms with E-state index in [9.17, 15) is 5.11 Å². The number of nitrogens with one attached hydrogen (secondary N) is 1. The lowest BCUT2D eigenvalue weighted by Crippen LogP contribution is -2.36. The summed E-state index contributed by atoms with van der Waals surface area (Å²) in [6.07, 6.45) is 3.96. The van der Waals surface area contributed by atoms with Gasteiger partial charge >= 0.3 is 0 Å². The smallest absolute Gasteiger partial charge is 0.124 e. The van der Waals surface area contributed by atoms with Crippen molar-refractivity contribution in [2.45, 2.75) is 24.8 Å². The Morgan fingerprint density at radius 2 is 2.37 bits per heavy atom. The maximum Gasteiger partial charge on any atom is 0.124 e. The zero-order valence-corrected chi connectivity index (χ0v) is 13.4. The summed E-state index contributed by atoms with van der Waals surface area (Å²) in [7, 11) is 0. The number of hydrogen-bond donors (Lipinski definition) is 2. The molecule has 0 saturated carbocycles. The van der Waals surface area contributed by atoms with E-state index in [0.717, 1.165) is 11.6 Å². The molecular weight excluding hydrogens is 296 g/mol. The van der Waals surface area contributed by atoms with E-state index in [-0.39, 0.29) is 17.9 Å². The summed E-state index contributed by atoms with van der Waals surface area (Å²) >= 11 is 5.11. The monoisotopic (exact) mass is 314 g/mol. The van der Waals surface area contributed by atoms with Gasteiger partial charge in [-0.05, 0) is 24.6 Å². The zero-order chi connectivity index (χ0) is 13.7. The molecule has 2 aromatic rings. The van der Waals surface area contributed by atoms with Crippen molar-refractivity contribution >= 4 is 34.4 Å². The molecular formula is C13H18N2OS3. The highest BCUT2D eigenvalue weighted by atomic mass is 32.2. The Labute approximate surface area is 126 Å². The van der Waals surface area contributed by atoms with Gasteiger partial charge in [-0.1, -0.05) is 0 Å². The van der Waals surface area contributed by atoms with Gasteiger partial charge in [0.2, 0.25) is 0 Å². The molecule has 0 aliphatic rings. The van der Waals surface area contributed by atoms with Gasteiger partial charge in [0.05, 0.1) is 6.61 Å². The molecule has 0 aliphatic carbocycles. The third-order valence-electron chi connectivity index (χ3n) is 2.96. The number of aromatic nitrogens is 1. The summed E-state index contributed by atoms with van der Waals surface area (Å²) in [4.78, 5) is 5.68. The molecule has 3 nitrogen and oxygen atoms in total. The number of nitrogens with zero attached hydrogens (tertiary/aromatic N) is 1. The molecule has 0 aromatic carbocycles. The number of hydrogen-bond acceptors (Lipinski definition) is 6. The van der Waals surface area contributed by atoms with Crippen LogP contribution in [0.25, 0.3) is 10.6 Å². The van der Waals surface area contributed by atoms with E-state index in [1.807, 2.05) is 12.5 Å². The van der Waals surface area contributed by atoms with Crippen molar-refractivity contribution in [2.24, 2.45) is 0 Å². The van der Waals surface area contributed by atoms with Crippen LogP contribution in [0.2, 0.25) is 0 Å². The molecule has 2 unspecified atom stereocenters. The molecule has 0 fully saturated rings. The first kappa shape index (κ1) is 15.0. The Kier molecular flexibility index (Phi) is 5.84. The molecule has 0 saturated heterocycles. The average Bonchev–Trinajstić information content (AvgIpc) is 3.08. The van der Waals surface area contributed by atoms with Gasteiger partial charge in [-0.2, -0.15) is 23.1 Å². The average molecular weight is 315 g/mol. The van der Waals surface area contributed by atoms with Crippen LogP contribution in [0, 0.1) is 0 Å². The molecule has 0 spiro atoms. The largest absolute Gasteiger partial charge is 0.395 e. The molecule has 0 amide bonds. The summed E-state index contributed by atoms with van der Waals surface area (Å²) in [6.45, 7) is 3.12. The topological polar surface area (TPSA) is 45.1 Å². The number of thiophene rings is 1. The maximum absolute atomic E-state index is 9.25. The highest BCUT2D eigenvalue weighted by Gasteiger charge is 2.15. The minimum absolute atomic E-state index is 0.207. The fraction of sp³-hybridized carbons (Fsp3) is 0.462. The molecule has 2 atom stereocenters. The Morgan fingerprint density at radius 1 is 1.53 bits per heavy atom. The second-order valence-electron chi connectivity index (χ2n) is 4.27. The normalized spacial score (nSPS) is 14.5. The lowest BCUT2D eigenvalue weighted by Gasteiger charge is -2.20. The lowest BCUT2D eigenvalue weighted by molar-refractivity contribution is 0.276. The Hall–Kier alpha value is -0.400. The molecule has 19 heavy (non-hydrogen) atoms. The second kappa shape index (κ2) is 7.40. The van der Waals surface area contributed by atoms with Crippen molar-refractivity contribution in [2.75, 3.05) is 12.9 Å². The van der Waals surface area contributed by atoms with Crippen molar-refractivity contribution < 1.29 is 5.11 Å². The van der Waals surface area contributed by atoms with Crippen LogP contribution < -0.4 is 5.32 Å². The van der Waals surface area contributed by atoms with E-state index in [1.54, 1.807) is 34.4 Å². The standard InChI is InChI=1S/C13H18N2OS3/c1-9(12(7-16)17-2)14-5-11-6-15-13(19-11)10-3-4-18-8-10/h3-4,6,8-9,12,14,16H,5,7H2,1-2H3. The quantitative estimate of drug-likeness (QED) is 0.824. The van der Waals surface area contributed by atoms with E-state index in [1.165, 1.54) is 10.4 Å². The first-order valence-electron chi connectivity index (χ1n) is 6.09. The van der Waals surface area contributed by atoms with Crippen LogP contribution in [0.1, 0.15) is 11.8 Å². The first-order valence-corrected chi connectivity index (χ1v) is 9.13. The van der Waals surface area contributed by atoms with E-state index >= 15 is 0 Å². The fourth-order valence-electron chi connectivity index (χ4n) is 1.74. The summed E-state index contributed by atoms with van der Waals surface area (Å²) < 4.78 is 0. The minimum atomic E-state index is 0.207. The van der Waals surface area contributed by atoms with Crippen LogP contribution in [-0.2, 0) is 6.54 Å². The summed E-state index contributed by atoms with van der Waals surface area (Å²) in [5.74, 6) is 0. The molecule has 6 heteroatoms. The van der Waals surface area contributed by atoms with Gasteiger partial charge in [-0.3, -0.25) is 0 Å².